The Labute approximate surface area is 196 Å². The van der Waals surface area contributed by atoms with Crippen molar-refractivity contribution in [3.63, 3.8) is 0 Å². The van der Waals surface area contributed by atoms with Crippen molar-refractivity contribution in [3.8, 4) is 11.5 Å². The molecule has 9 heteroatoms. The molecule has 7 nitrogen and oxygen atoms in total. The van der Waals surface area contributed by atoms with Crippen molar-refractivity contribution in [2.24, 2.45) is 0 Å². The predicted octanol–water partition coefficient (Wildman–Crippen LogP) is 4.60. The molecule has 1 aliphatic rings. The number of pyridine rings is 1. The Bertz CT molecular complexity index is 1180. The fourth-order valence-electron chi connectivity index (χ4n) is 3.72. The van der Waals surface area contributed by atoms with E-state index in [2.05, 4.69) is 10.3 Å². The Hall–Kier alpha value is -3.72. The maximum atomic E-state index is 14.4. The third-order valence-electron chi connectivity index (χ3n) is 5.25. The predicted molar refractivity (Wildman–Crippen MR) is 124 cm³/mol. The number of halogens is 2. The third kappa shape index (κ3) is 4.65. The number of aromatic nitrogens is 1. The second-order valence-electron chi connectivity index (χ2n) is 8.25. The van der Waals surface area contributed by atoms with Gasteiger partial charge in [0.25, 0.3) is 5.91 Å². The molecule has 0 radical (unpaired) electrons. The molecule has 3 aromatic rings. The molecule has 0 saturated carbocycles. The number of nitrogens with zero attached hydrogens (tertiary/aromatic N) is 2. The second kappa shape index (κ2) is 9.64. The Morgan fingerprint density at radius 1 is 1.26 bits per heavy atom. The summed E-state index contributed by atoms with van der Waals surface area (Å²) < 4.78 is 39.7. The van der Waals surface area contributed by atoms with Gasteiger partial charge in [0.1, 0.15) is 12.4 Å². The van der Waals surface area contributed by atoms with E-state index in [1.54, 1.807) is 38.2 Å². The smallest absolute Gasteiger partial charge is 0.259 e. The van der Waals surface area contributed by atoms with Gasteiger partial charge in [0, 0.05) is 24.0 Å². The third-order valence-corrected chi connectivity index (χ3v) is 5.25. The van der Waals surface area contributed by atoms with Crippen molar-refractivity contribution in [2.75, 3.05) is 23.4 Å². The van der Waals surface area contributed by atoms with E-state index in [4.69, 9.17) is 9.47 Å². The first-order valence-electron chi connectivity index (χ1n) is 10.8. The number of carbonyl (C=O) groups excluding carboxylic acids is 1. The lowest BCUT2D eigenvalue weighted by atomic mass is 10.1. The fraction of sp³-hybridized carbons (Fsp3) is 0.280. The Balaban J connectivity index is 1.66. The lowest BCUT2D eigenvalue weighted by molar-refractivity contribution is 0.102. The zero-order valence-corrected chi connectivity index (χ0v) is 19.0. The van der Waals surface area contributed by atoms with E-state index in [1.807, 2.05) is 24.0 Å². The van der Waals surface area contributed by atoms with Gasteiger partial charge in [-0.2, -0.15) is 0 Å². The molecule has 2 N–H and O–H groups in total. The summed E-state index contributed by atoms with van der Waals surface area (Å²) in [6.07, 6.45) is 1.30. The number of aliphatic hydroxyl groups excluding tert-OH is 1. The van der Waals surface area contributed by atoms with E-state index >= 15 is 0 Å². The lowest BCUT2D eigenvalue weighted by Crippen LogP contribution is -2.43. The van der Waals surface area contributed by atoms with Gasteiger partial charge in [-0.3, -0.25) is 4.79 Å². The summed E-state index contributed by atoms with van der Waals surface area (Å²) >= 11 is 0. The highest BCUT2D eigenvalue weighted by Crippen LogP contribution is 2.41. The summed E-state index contributed by atoms with van der Waals surface area (Å²) in [5.41, 5.74) is 1.65. The van der Waals surface area contributed by atoms with Gasteiger partial charge in [0.15, 0.2) is 23.1 Å². The van der Waals surface area contributed by atoms with Gasteiger partial charge in [-0.25, -0.2) is 13.8 Å². The Kier molecular flexibility index (Phi) is 6.65. The monoisotopic (exact) mass is 469 g/mol. The summed E-state index contributed by atoms with van der Waals surface area (Å²) in [5, 5.41) is 12.4. The maximum Gasteiger partial charge on any atom is 0.259 e. The normalized spacial score (nSPS) is 15.0. The Morgan fingerprint density at radius 2 is 2.00 bits per heavy atom. The van der Waals surface area contributed by atoms with E-state index in [9.17, 15) is 18.7 Å². The summed E-state index contributed by atoms with van der Waals surface area (Å²) in [6, 6.07) is 10.3. The van der Waals surface area contributed by atoms with Crippen molar-refractivity contribution in [2.45, 2.75) is 32.9 Å². The van der Waals surface area contributed by atoms with E-state index in [1.165, 1.54) is 0 Å². The number of nitrogens with one attached hydrogen (secondary N) is 1. The van der Waals surface area contributed by atoms with E-state index in [0.717, 1.165) is 17.7 Å². The van der Waals surface area contributed by atoms with Gasteiger partial charge in [-0.1, -0.05) is 12.1 Å². The number of hydrogen-bond donors (Lipinski definition) is 2. The van der Waals surface area contributed by atoms with Crippen molar-refractivity contribution >= 4 is 23.1 Å². The molecule has 0 saturated heterocycles. The SMILES string of the molecule is Cc1ccc(N2c3cccc(C(=O)Nc4cc(F)c(OC(C)C)c(F)c4)c3OCC2CO)nc1. The first-order valence-corrected chi connectivity index (χ1v) is 10.8. The maximum absolute atomic E-state index is 14.4. The van der Waals surface area contributed by atoms with Crippen LogP contribution in [0, 0.1) is 18.6 Å². The topological polar surface area (TPSA) is 83.9 Å². The highest BCUT2D eigenvalue weighted by Gasteiger charge is 2.32. The zero-order valence-electron chi connectivity index (χ0n) is 19.0. The van der Waals surface area contributed by atoms with E-state index in [-0.39, 0.29) is 30.2 Å². The lowest BCUT2D eigenvalue weighted by Gasteiger charge is -2.37. The Morgan fingerprint density at radius 3 is 2.62 bits per heavy atom. The fourth-order valence-corrected chi connectivity index (χ4v) is 3.72. The average molecular weight is 469 g/mol. The zero-order chi connectivity index (χ0) is 24.4. The molecule has 0 fully saturated rings. The molecule has 0 bridgehead atoms. The molecule has 0 spiro atoms. The summed E-state index contributed by atoms with van der Waals surface area (Å²) in [6.45, 7) is 5.17. The van der Waals surface area contributed by atoms with Crippen molar-refractivity contribution in [1.29, 1.82) is 0 Å². The number of anilines is 3. The van der Waals surface area contributed by atoms with Gasteiger partial charge in [-0.05, 0) is 44.5 Å². The molecular formula is C25H25F2N3O4. The van der Waals surface area contributed by atoms with Gasteiger partial charge in [0.2, 0.25) is 0 Å². The first-order chi connectivity index (χ1) is 16.3. The highest BCUT2D eigenvalue weighted by molar-refractivity contribution is 6.07. The van der Waals surface area contributed by atoms with E-state index < -0.39 is 35.4 Å². The molecule has 2 aromatic carbocycles. The quantitative estimate of drug-likeness (QED) is 0.549. The molecule has 34 heavy (non-hydrogen) atoms. The number of benzene rings is 2. The molecule has 4 rings (SSSR count). The number of rotatable bonds is 6. The molecule has 178 valence electrons. The molecular weight excluding hydrogens is 444 g/mol. The van der Waals surface area contributed by atoms with Crippen LogP contribution in [0.5, 0.6) is 11.5 Å². The van der Waals surface area contributed by atoms with Crippen LogP contribution in [0.15, 0.2) is 48.7 Å². The summed E-state index contributed by atoms with van der Waals surface area (Å²) in [5.74, 6) is -2.06. The number of carbonyl (C=O) groups is 1. The minimum Gasteiger partial charge on any atom is -0.488 e. The van der Waals surface area contributed by atoms with Gasteiger partial charge in [-0.15, -0.1) is 0 Å². The molecule has 1 unspecified atom stereocenters. The number of fused-ring (bicyclic) bond motifs is 1. The van der Waals surface area contributed by atoms with Crippen LogP contribution in [-0.2, 0) is 0 Å². The van der Waals surface area contributed by atoms with Crippen LogP contribution in [0.1, 0.15) is 29.8 Å². The number of aryl methyl sites for hydroxylation is 1. The van der Waals surface area contributed by atoms with Gasteiger partial charge >= 0.3 is 0 Å². The van der Waals surface area contributed by atoms with Crippen LogP contribution in [0.25, 0.3) is 0 Å². The van der Waals surface area contributed by atoms with Crippen LogP contribution in [0.3, 0.4) is 0 Å². The minimum absolute atomic E-state index is 0.0604. The number of para-hydroxylation sites is 1. The average Bonchev–Trinajstić information content (AvgIpc) is 2.80. The molecule has 1 amide bonds. The number of amides is 1. The summed E-state index contributed by atoms with van der Waals surface area (Å²) in [7, 11) is 0. The van der Waals surface area contributed by atoms with Crippen molar-refractivity contribution in [1.82, 2.24) is 4.98 Å². The van der Waals surface area contributed by atoms with Crippen LogP contribution < -0.4 is 19.7 Å². The second-order valence-corrected chi connectivity index (χ2v) is 8.25. The number of aliphatic hydroxyl groups is 1. The minimum atomic E-state index is -0.919. The molecule has 1 atom stereocenters. The van der Waals surface area contributed by atoms with Crippen LogP contribution >= 0.6 is 0 Å². The van der Waals surface area contributed by atoms with Gasteiger partial charge in [0.05, 0.1) is 30.0 Å². The molecule has 1 aromatic heterocycles. The van der Waals surface area contributed by atoms with Crippen molar-refractivity contribution in [3.05, 3.63) is 71.4 Å². The van der Waals surface area contributed by atoms with Crippen LogP contribution in [0.2, 0.25) is 0 Å². The summed E-state index contributed by atoms with van der Waals surface area (Å²) in [4.78, 5) is 19.3. The van der Waals surface area contributed by atoms with Gasteiger partial charge < -0.3 is 24.8 Å². The van der Waals surface area contributed by atoms with Crippen molar-refractivity contribution < 1.29 is 28.2 Å². The van der Waals surface area contributed by atoms with Crippen LogP contribution in [0.4, 0.5) is 26.0 Å². The largest absolute Gasteiger partial charge is 0.488 e. The molecule has 2 heterocycles. The number of hydrogen-bond acceptors (Lipinski definition) is 6. The molecule has 0 aliphatic carbocycles. The molecule has 1 aliphatic heterocycles. The van der Waals surface area contributed by atoms with E-state index in [0.29, 0.717) is 11.5 Å². The van der Waals surface area contributed by atoms with Crippen LogP contribution in [-0.4, -0.2) is 41.4 Å². The highest BCUT2D eigenvalue weighted by atomic mass is 19.1. The standard InChI is InChI=1S/C25H25F2N3O4/c1-14(2)34-24-19(26)9-16(10-20(24)27)29-25(32)18-5-4-6-21-23(18)33-13-17(12-31)30(21)22-8-7-15(3)11-28-22/h4-11,14,17,31H,12-13H2,1-3H3,(H,29,32). The first kappa shape index (κ1) is 23.4. The number of ether oxygens (including phenoxy) is 2.